The zero-order chi connectivity index (χ0) is 10.8. The Labute approximate surface area is 94.1 Å². The highest BCUT2D eigenvalue weighted by molar-refractivity contribution is 5.31. The van der Waals surface area contributed by atoms with Crippen LogP contribution in [0.15, 0.2) is 11.1 Å². The third-order valence-electron chi connectivity index (χ3n) is 5.55. The Morgan fingerprint density at radius 3 is 2.47 bits per heavy atom. The number of rotatable bonds is 0. The minimum Gasteiger partial charge on any atom is -0.0702 e. The second kappa shape index (κ2) is 2.70. The summed E-state index contributed by atoms with van der Waals surface area (Å²) in [6.45, 7) is 9.88. The topological polar surface area (TPSA) is 0 Å². The first-order chi connectivity index (χ1) is 6.91. The first-order valence-corrected chi connectivity index (χ1v) is 6.61. The van der Waals surface area contributed by atoms with Crippen molar-refractivity contribution in [2.45, 2.75) is 59.8 Å². The predicted molar refractivity (Wildman–Crippen MR) is 64.7 cm³/mol. The molecule has 84 valence electrons. The Kier molecular flexibility index (Phi) is 1.79. The molecule has 0 N–H and O–H groups in total. The van der Waals surface area contributed by atoms with Gasteiger partial charge in [0.25, 0.3) is 0 Å². The van der Waals surface area contributed by atoms with E-state index in [9.17, 15) is 0 Å². The van der Waals surface area contributed by atoms with E-state index >= 15 is 0 Å². The Hall–Kier alpha value is -0.260. The minimum atomic E-state index is 0.585. The smallest absolute Gasteiger partial charge is 0.0149 e. The minimum absolute atomic E-state index is 0.585. The maximum Gasteiger partial charge on any atom is -0.0149 e. The van der Waals surface area contributed by atoms with Gasteiger partial charge in [-0.3, -0.25) is 0 Å². The molecule has 3 aliphatic carbocycles. The first kappa shape index (κ1) is 9.93. The lowest BCUT2D eigenvalue weighted by molar-refractivity contribution is 0.0390. The molecule has 0 aromatic rings. The third-order valence-corrected chi connectivity index (χ3v) is 5.55. The van der Waals surface area contributed by atoms with Crippen molar-refractivity contribution >= 4 is 0 Å². The van der Waals surface area contributed by atoms with Gasteiger partial charge in [0, 0.05) is 0 Å². The molecule has 0 heterocycles. The van der Waals surface area contributed by atoms with Crippen LogP contribution in [0, 0.1) is 22.7 Å². The van der Waals surface area contributed by atoms with Crippen molar-refractivity contribution in [2.75, 3.05) is 0 Å². The fraction of sp³-hybridized carbons (Fsp3) is 0.867. The lowest BCUT2D eigenvalue weighted by Gasteiger charge is -2.53. The average Bonchev–Trinajstić information content (AvgIpc) is 2.37. The fourth-order valence-electron chi connectivity index (χ4n) is 4.73. The van der Waals surface area contributed by atoms with Crippen LogP contribution in [0.1, 0.15) is 59.8 Å². The molecule has 2 saturated carbocycles. The number of allylic oxidation sites excluding steroid dienone is 2. The van der Waals surface area contributed by atoms with E-state index in [0.29, 0.717) is 10.8 Å². The SMILES string of the molecule is CC1=C2CC(C)(C)C[C@@H]2C[C@@]2(C)CC[C@@H]12. The fourth-order valence-corrected chi connectivity index (χ4v) is 4.73. The van der Waals surface area contributed by atoms with E-state index in [1.165, 1.54) is 32.1 Å². The molecule has 3 atom stereocenters. The summed E-state index contributed by atoms with van der Waals surface area (Å²) in [6.07, 6.45) is 7.28. The Morgan fingerprint density at radius 2 is 1.87 bits per heavy atom. The van der Waals surface area contributed by atoms with E-state index in [-0.39, 0.29) is 0 Å². The normalized spacial score (nSPS) is 47.2. The van der Waals surface area contributed by atoms with Crippen LogP contribution in [0.25, 0.3) is 0 Å². The molecule has 0 bridgehead atoms. The molecule has 2 fully saturated rings. The van der Waals surface area contributed by atoms with Gasteiger partial charge in [0.15, 0.2) is 0 Å². The highest BCUT2D eigenvalue weighted by Gasteiger charge is 2.52. The van der Waals surface area contributed by atoms with Gasteiger partial charge in [0.05, 0.1) is 0 Å². The van der Waals surface area contributed by atoms with E-state index in [4.69, 9.17) is 0 Å². The van der Waals surface area contributed by atoms with Crippen LogP contribution < -0.4 is 0 Å². The standard InChI is InChI=1S/C15H24/c1-10-12-9-14(2,3)7-11(12)8-15(4)6-5-13(10)15/h11,13H,5-9H2,1-4H3/t11-,13+,15-/m1/s1. The Morgan fingerprint density at radius 1 is 1.13 bits per heavy atom. The van der Waals surface area contributed by atoms with Gasteiger partial charge in [-0.2, -0.15) is 0 Å². The highest BCUT2D eigenvalue weighted by Crippen LogP contribution is 2.63. The summed E-state index contributed by atoms with van der Waals surface area (Å²) in [7, 11) is 0. The van der Waals surface area contributed by atoms with E-state index in [0.717, 1.165) is 11.8 Å². The predicted octanol–water partition coefficient (Wildman–Crippen LogP) is 4.56. The van der Waals surface area contributed by atoms with E-state index in [2.05, 4.69) is 27.7 Å². The zero-order valence-corrected chi connectivity index (χ0v) is 10.7. The van der Waals surface area contributed by atoms with Crippen LogP contribution in [-0.2, 0) is 0 Å². The van der Waals surface area contributed by atoms with Crippen LogP contribution in [-0.4, -0.2) is 0 Å². The van der Waals surface area contributed by atoms with Crippen LogP contribution in [0.3, 0.4) is 0 Å². The van der Waals surface area contributed by atoms with Crippen LogP contribution >= 0.6 is 0 Å². The molecule has 0 aromatic heterocycles. The molecular formula is C15H24. The zero-order valence-electron chi connectivity index (χ0n) is 10.7. The summed E-state index contributed by atoms with van der Waals surface area (Å²) in [4.78, 5) is 0. The van der Waals surface area contributed by atoms with Crippen molar-refractivity contribution < 1.29 is 0 Å². The number of hydrogen-bond acceptors (Lipinski definition) is 0. The van der Waals surface area contributed by atoms with Gasteiger partial charge in [-0.05, 0) is 61.7 Å². The molecule has 3 rings (SSSR count). The highest BCUT2D eigenvalue weighted by atomic mass is 14.6. The third kappa shape index (κ3) is 1.26. The van der Waals surface area contributed by atoms with Crippen molar-refractivity contribution in [2.24, 2.45) is 22.7 Å². The molecule has 0 aliphatic heterocycles. The van der Waals surface area contributed by atoms with Gasteiger partial charge < -0.3 is 0 Å². The van der Waals surface area contributed by atoms with Crippen molar-refractivity contribution in [1.29, 1.82) is 0 Å². The van der Waals surface area contributed by atoms with E-state index in [1.54, 1.807) is 5.57 Å². The molecule has 0 unspecified atom stereocenters. The van der Waals surface area contributed by atoms with Crippen LogP contribution in [0.2, 0.25) is 0 Å². The average molecular weight is 204 g/mol. The summed E-state index contributed by atoms with van der Waals surface area (Å²) < 4.78 is 0. The molecule has 0 spiro atoms. The van der Waals surface area contributed by atoms with Gasteiger partial charge in [0.1, 0.15) is 0 Å². The second-order valence-electron chi connectivity index (χ2n) is 7.40. The molecule has 0 amide bonds. The van der Waals surface area contributed by atoms with E-state index in [1.807, 2.05) is 5.57 Å². The maximum atomic E-state index is 2.53. The van der Waals surface area contributed by atoms with Crippen molar-refractivity contribution in [3.63, 3.8) is 0 Å². The summed E-state index contributed by atoms with van der Waals surface area (Å²) in [6, 6.07) is 0. The van der Waals surface area contributed by atoms with Crippen molar-refractivity contribution in [3.05, 3.63) is 11.1 Å². The van der Waals surface area contributed by atoms with Crippen molar-refractivity contribution in [3.8, 4) is 0 Å². The lowest BCUT2D eigenvalue weighted by atomic mass is 9.52. The first-order valence-electron chi connectivity index (χ1n) is 6.61. The lowest BCUT2D eigenvalue weighted by Crippen LogP contribution is -2.43. The van der Waals surface area contributed by atoms with Crippen molar-refractivity contribution in [1.82, 2.24) is 0 Å². The van der Waals surface area contributed by atoms with E-state index < -0.39 is 0 Å². The quantitative estimate of drug-likeness (QED) is 0.507. The number of fused-ring (bicyclic) bond motifs is 2. The summed E-state index contributed by atoms with van der Waals surface area (Å²) >= 11 is 0. The van der Waals surface area contributed by atoms with Gasteiger partial charge >= 0.3 is 0 Å². The summed E-state index contributed by atoms with van der Waals surface area (Å²) in [5.41, 5.74) is 4.94. The summed E-state index contributed by atoms with van der Waals surface area (Å²) in [5, 5.41) is 0. The number of hydrogen-bond donors (Lipinski definition) is 0. The summed E-state index contributed by atoms with van der Waals surface area (Å²) in [5.74, 6) is 1.90. The van der Waals surface area contributed by atoms with Gasteiger partial charge in [0.2, 0.25) is 0 Å². The molecule has 0 nitrogen and oxygen atoms in total. The van der Waals surface area contributed by atoms with Gasteiger partial charge in [-0.15, -0.1) is 0 Å². The molecule has 3 aliphatic rings. The van der Waals surface area contributed by atoms with Crippen LogP contribution in [0.5, 0.6) is 0 Å². The van der Waals surface area contributed by atoms with Gasteiger partial charge in [-0.25, -0.2) is 0 Å². The molecule has 15 heavy (non-hydrogen) atoms. The largest absolute Gasteiger partial charge is 0.0702 e. The Balaban J connectivity index is 1.99. The monoisotopic (exact) mass is 204 g/mol. The van der Waals surface area contributed by atoms with Crippen LogP contribution in [0.4, 0.5) is 0 Å². The molecular weight excluding hydrogens is 180 g/mol. The molecule has 0 radical (unpaired) electrons. The molecule has 0 aromatic carbocycles. The molecule has 0 heteroatoms. The molecule has 0 saturated heterocycles. The maximum absolute atomic E-state index is 2.53. The Bertz CT molecular complexity index is 334. The van der Waals surface area contributed by atoms with Gasteiger partial charge in [-0.1, -0.05) is 31.9 Å². The second-order valence-corrected chi connectivity index (χ2v) is 7.40.